The summed E-state index contributed by atoms with van der Waals surface area (Å²) in [6.45, 7) is 1.78. The number of nitrogens with one attached hydrogen (secondary N) is 2. The number of hydrogen-bond acceptors (Lipinski definition) is 3. The van der Waals surface area contributed by atoms with E-state index >= 15 is 0 Å². The largest absolute Gasteiger partial charge is 0.483 e. The molecule has 0 heterocycles. The lowest BCUT2D eigenvalue weighted by molar-refractivity contribution is -0.121. The molecule has 2 aromatic carbocycles. The molecule has 0 aliphatic rings. The van der Waals surface area contributed by atoms with Crippen LogP contribution in [0.25, 0.3) is 0 Å². The monoisotopic (exact) mass is 368 g/mol. The fourth-order valence-electron chi connectivity index (χ4n) is 1.76. The first-order valence-electron chi connectivity index (χ1n) is 6.70. The Morgan fingerprint density at radius 3 is 2.61 bits per heavy atom. The average molecular weight is 369 g/mol. The van der Waals surface area contributed by atoms with Gasteiger partial charge >= 0.3 is 0 Å². The lowest BCUT2D eigenvalue weighted by Crippen LogP contribution is -2.37. The van der Waals surface area contributed by atoms with Crippen LogP contribution in [0.4, 0.5) is 5.69 Å². The summed E-state index contributed by atoms with van der Waals surface area (Å²) in [7, 11) is 0. The van der Waals surface area contributed by atoms with E-state index in [1.807, 2.05) is 25.1 Å². The van der Waals surface area contributed by atoms with Crippen molar-refractivity contribution in [2.24, 2.45) is 0 Å². The average Bonchev–Trinajstić information content (AvgIpc) is 2.50. The van der Waals surface area contributed by atoms with E-state index in [1.165, 1.54) is 0 Å². The Balaban J connectivity index is 1.84. The van der Waals surface area contributed by atoms with Gasteiger partial charge < -0.3 is 10.1 Å². The molecule has 0 aliphatic heterocycles. The third kappa shape index (κ3) is 5.39. The van der Waals surface area contributed by atoms with E-state index in [-0.39, 0.29) is 17.6 Å². The molecule has 0 bridgehead atoms. The normalized spacial score (nSPS) is 10.0. The van der Waals surface area contributed by atoms with Crippen LogP contribution in [-0.2, 0) is 4.79 Å². The third-order valence-corrected chi connectivity index (χ3v) is 3.83. The van der Waals surface area contributed by atoms with Gasteiger partial charge in [-0.05, 0) is 49.0 Å². The first kappa shape index (κ1) is 17.5. The fourth-order valence-corrected chi connectivity index (χ4v) is 2.29. The van der Waals surface area contributed by atoms with Crippen LogP contribution >= 0.6 is 35.4 Å². The molecule has 0 unspecified atom stereocenters. The maximum atomic E-state index is 11.8. The molecular formula is C16H14Cl2N2O2S. The minimum absolute atomic E-state index is 0.131. The van der Waals surface area contributed by atoms with Gasteiger partial charge in [0.25, 0.3) is 5.91 Å². The second-order valence-corrected chi connectivity index (χ2v) is 5.91. The molecule has 0 radical (unpaired) electrons. The van der Waals surface area contributed by atoms with Crippen LogP contribution in [-0.4, -0.2) is 17.6 Å². The first-order valence-corrected chi connectivity index (χ1v) is 7.86. The van der Waals surface area contributed by atoms with E-state index in [0.717, 1.165) is 5.56 Å². The minimum Gasteiger partial charge on any atom is -0.483 e. The Kier molecular flexibility index (Phi) is 6.21. The Morgan fingerprint density at radius 2 is 1.91 bits per heavy atom. The summed E-state index contributed by atoms with van der Waals surface area (Å²) in [4.78, 5) is 11.8. The number of thiocarbonyl (C=S) groups is 1. The number of para-hydroxylation sites is 1. The number of amides is 1. The van der Waals surface area contributed by atoms with Crippen molar-refractivity contribution < 1.29 is 9.53 Å². The van der Waals surface area contributed by atoms with E-state index < -0.39 is 0 Å². The summed E-state index contributed by atoms with van der Waals surface area (Å²) < 4.78 is 5.45. The molecule has 0 aromatic heterocycles. The third-order valence-electron chi connectivity index (χ3n) is 2.88. The Hall–Kier alpha value is -1.82. The van der Waals surface area contributed by atoms with Gasteiger partial charge in [0, 0.05) is 5.69 Å². The number of hydrogen-bond donors (Lipinski definition) is 2. The van der Waals surface area contributed by atoms with Gasteiger partial charge in [0.1, 0.15) is 5.75 Å². The molecule has 120 valence electrons. The smallest absolute Gasteiger partial charge is 0.264 e. The highest BCUT2D eigenvalue weighted by Gasteiger charge is 2.08. The molecule has 2 N–H and O–H groups in total. The predicted octanol–water partition coefficient (Wildman–Crippen LogP) is 4.19. The van der Waals surface area contributed by atoms with Crippen molar-refractivity contribution in [3.63, 3.8) is 0 Å². The number of carbonyl (C=O) groups is 1. The number of rotatable bonds is 4. The van der Waals surface area contributed by atoms with Crippen molar-refractivity contribution in [2.75, 3.05) is 11.9 Å². The molecule has 2 aromatic rings. The first-order chi connectivity index (χ1) is 11.0. The maximum absolute atomic E-state index is 11.8. The molecule has 0 atom stereocenters. The Bertz CT molecular complexity index is 738. The number of aryl methyl sites for hydroxylation is 1. The maximum Gasteiger partial charge on any atom is 0.264 e. The molecule has 0 fully saturated rings. The molecule has 7 heteroatoms. The summed E-state index contributed by atoms with van der Waals surface area (Å²) in [6.07, 6.45) is 0. The summed E-state index contributed by atoms with van der Waals surface area (Å²) >= 11 is 16.8. The summed E-state index contributed by atoms with van der Waals surface area (Å²) in [5.74, 6) is 0.303. The lowest BCUT2D eigenvalue weighted by atomic mass is 10.2. The van der Waals surface area contributed by atoms with Crippen molar-refractivity contribution in [1.29, 1.82) is 0 Å². The summed E-state index contributed by atoms with van der Waals surface area (Å²) in [5, 5.41) is 6.38. The van der Waals surface area contributed by atoms with E-state index in [4.69, 9.17) is 40.2 Å². The Morgan fingerprint density at radius 1 is 1.17 bits per heavy atom. The van der Waals surface area contributed by atoms with Gasteiger partial charge in [-0.1, -0.05) is 41.4 Å². The van der Waals surface area contributed by atoms with Crippen LogP contribution in [0.2, 0.25) is 10.0 Å². The Labute approximate surface area is 149 Å². The van der Waals surface area contributed by atoms with Crippen molar-refractivity contribution in [3.8, 4) is 5.75 Å². The van der Waals surface area contributed by atoms with Gasteiger partial charge in [0.2, 0.25) is 0 Å². The van der Waals surface area contributed by atoms with E-state index in [9.17, 15) is 4.79 Å². The van der Waals surface area contributed by atoms with E-state index in [2.05, 4.69) is 10.6 Å². The molecule has 23 heavy (non-hydrogen) atoms. The predicted molar refractivity (Wildman–Crippen MR) is 97.5 cm³/mol. The van der Waals surface area contributed by atoms with Gasteiger partial charge in [0.15, 0.2) is 11.7 Å². The van der Waals surface area contributed by atoms with Crippen molar-refractivity contribution >= 4 is 52.1 Å². The van der Waals surface area contributed by atoms with Crippen LogP contribution in [0.1, 0.15) is 5.56 Å². The molecule has 0 spiro atoms. The van der Waals surface area contributed by atoms with Gasteiger partial charge in [0.05, 0.1) is 10.0 Å². The second kappa shape index (κ2) is 8.15. The number of carbonyl (C=O) groups excluding carboxylic acids is 1. The fraction of sp³-hybridized carbons (Fsp3) is 0.125. The highest BCUT2D eigenvalue weighted by molar-refractivity contribution is 7.80. The quantitative estimate of drug-likeness (QED) is 0.794. The molecule has 0 saturated carbocycles. The van der Waals surface area contributed by atoms with Crippen LogP contribution in [0.5, 0.6) is 5.75 Å². The molecule has 4 nitrogen and oxygen atoms in total. The molecular weight excluding hydrogens is 355 g/mol. The minimum atomic E-state index is -0.356. The van der Waals surface area contributed by atoms with Crippen LogP contribution < -0.4 is 15.4 Å². The van der Waals surface area contributed by atoms with Gasteiger partial charge in [-0.25, -0.2) is 0 Å². The topological polar surface area (TPSA) is 50.4 Å². The van der Waals surface area contributed by atoms with E-state index in [1.54, 1.807) is 24.3 Å². The molecule has 1 amide bonds. The van der Waals surface area contributed by atoms with Gasteiger partial charge in [-0.2, -0.15) is 0 Å². The van der Waals surface area contributed by atoms with Crippen LogP contribution in [0, 0.1) is 6.92 Å². The number of anilines is 1. The molecule has 0 saturated heterocycles. The number of benzene rings is 2. The summed E-state index contributed by atoms with van der Waals surface area (Å²) in [6, 6.07) is 12.4. The number of ether oxygens (including phenoxy) is 1. The second-order valence-electron chi connectivity index (χ2n) is 4.69. The standard InChI is InChI=1S/C16H14Cl2N2O2S/c1-10-4-2-3-5-14(10)22-9-15(21)20-16(23)19-11-6-7-12(17)13(18)8-11/h2-8H,9H2,1H3,(H2,19,20,21,23). The summed E-state index contributed by atoms with van der Waals surface area (Å²) in [5.41, 5.74) is 1.58. The van der Waals surface area contributed by atoms with Gasteiger partial charge in [-0.3, -0.25) is 10.1 Å². The molecule has 0 aliphatic carbocycles. The van der Waals surface area contributed by atoms with Crippen molar-refractivity contribution in [2.45, 2.75) is 6.92 Å². The van der Waals surface area contributed by atoms with Crippen molar-refractivity contribution in [1.82, 2.24) is 5.32 Å². The molecule has 2 rings (SSSR count). The SMILES string of the molecule is Cc1ccccc1OCC(=O)NC(=S)Nc1ccc(Cl)c(Cl)c1. The zero-order valence-electron chi connectivity index (χ0n) is 12.2. The zero-order chi connectivity index (χ0) is 16.8. The number of halogens is 2. The highest BCUT2D eigenvalue weighted by atomic mass is 35.5. The van der Waals surface area contributed by atoms with Crippen LogP contribution in [0.15, 0.2) is 42.5 Å². The van der Waals surface area contributed by atoms with Crippen molar-refractivity contribution in [3.05, 3.63) is 58.1 Å². The van der Waals surface area contributed by atoms with Gasteiger partial charge in [-0.15, -0.1) is 0 Å². The van der Waals surface area contributed by atoms with E-state index in [0.29, 0.717) is 21.5 Å². The highest BCUT2D eigenvalue weighted by Crippen LogP contribution is 2.24. The zero-order valence-corrected chi connectivity index (χ0v) is 14.6. The lowest BCUT2D eigenvalue weighted by Gasteiger charge is -2.11. The van der Waals surface area contributed by atoms with Crippen LogP contribution in [0.3, 0.4) is 0 Å².